The fourth-order valence-corrected chi connectivity index (χ4v) is 3.62. The molecule has 0 saturated heterocycles. The van der Waals surface area contributed by atoms with Gasteiger partial charge >= 0.3 is 0 Å². The van der Waals surface area contributed by atoms with E-state index in [2.05, 4.69) is 14.9 Å². The zero-order valence-electron chi connectivity index (χ0n) is 13.7. The molecule has 124 valence electrons. The van der Waals surface area contributed by atoms with Crippen LogP contribution in [0.2, 0.25) is 0 Å². The molecule has 6 heteroatoms. The fourth-order valence-electron chi connectivity index (χ4n) is 3.62. The van der Waals surface area contributed by atoms with Gasteiger partial charge in [-0.25, -0.2) is 4.98 Å². The van der Waals surface area contributed by atoms with Crippen LogP contribution in [0, 0.1) is 0 Å². The first kappa shape index (κ1) is 14.9. The van der Waals surface area contributed by atoms with Crippen molar-refractivity contribution in [2.45, 2.75) is 38.8 Å². The molecule has 0 spiro atoms. The van der Waals surface area contributed by atoms with Gasteiger partial charge in [-0.2, -0.15) is 0 Å². The third-order valence-electron chi connectivity index (χ3n) is 4.89. The molecule has 0 unspecified atom stereocenters. The number of hydrogen-bond donors (Lipinski definition) is 1. The summed E-state index contributed by atoms with van der Waals surface area (Å²) in [5, 5.41) is 3.12. The van der Waals surface area contributed by atoms with Crippen LogP contribution in [-0.4, -0.2) is 34.0 Å². The van der Waals surface area contributed by atoms with Crippen molar-refractivity contribution in [1.82, 2.24) is 14.9 Å². The molecule has 1 aromatic carbocycles. The maximum atomic E-state index is 12.6. The minimum Gasteiger partial charge on any atom is -0.347 e. The summed E-state index contributed by atoms with van der Waals surface area (Å²) in [5.41, 5.74) is 2.66. The van der Waals surface area contributed by atoms with Crippen LogP contribution in [-0.2, 0) is 24.2 Å². The first-order chi connectivity index (χ1) is 11.6. The van der Waals surface area contributed by atoms with Gasteiger partial charge in [0.1, 0.15) is 5.82 Å². The largest absolute Gasteiger partial charge is 0.347 e. The number of imidazole rings is 1. The number of amides is 2. The molecule has 2 amide bonds. The highest BCUT2D eigenvalue weighted by Crippen LogP contribution is 2.29. The monoisotopic (exact) mass is 324 g/mol. The van der Waals surface area contributed by atoms with Gasteiger partial charge in [0, 0.05) is 56.1 Å². The normalized spacial score (nSPS) is 18.9. The van der Waals surface area contributed by atoms with Crippen molar-refractivity contribution in [2.24, 2.45) is 0 Å². The summed E-state index contributed by atoms with van der Waals surface area (Å²) in [7, 11) is 0. The number of rotatable bonds is 2. The average Bonchev–Trinajstić information content (AvgIpc) is 3.20. The number of benzene rings is 1. The molecule has 2 aromatic rings. The number of fused-ring (bicyclic) bond motifs is 2. The number of hydrogen-bond acceptors (Lipinski definition) is 3. The lowest BCUT2D eigenvalue weighted by Gasteiger charge is -2.24. The molecule has 0 bridgehead atoms. The van der Waals surface area contributed by atoms with Gasteiger partial charge in [0.25, 0.3) is 5.91 Å². The second-order valence-corrected chi connectivity index (χ2v) is 6.47. The second kappa shape index (κ2) is 5.78. The first-order valence-electron chi connectivity index (χ1n) is 8.34. The van der Waals surface area contributed by atoms with Crippen LogP contribution in [0.4, 0.5) is 5.69 Å². The van der Waals surface area contributed by atoms with E-state index in [1.54, 1.807) is 24.1 Å². The van der Waals surface area contributed by atoms with E-state index < -0.39 is 0 Å². The van der Waals surface area contributed by atoms with Crippen LogP contribution in [0.1, 0.15) is 35.1 Å². The summed E-state index contributed by atoms with van der Waals surface area (Å²) in [6.07, 6.45) is 6.36. The molecule has 3 heterocycles. The van der Waals surface area contributed by atoms with E-state index in [-0.39, 0.29) is 17.9 Å². The number of nitrogens with one attached hydrogen (secondary N) is 1. The maximum Gasteiger partial charge on any atom is 0.251 e. The van der Waals surface area contributed by atoms with E-state index in [4.69, 9.17) is 0 Å². The maximum absolute atomic E-state index is 12.6. The van der Waals surface area contributed by atoms with Gasteiger partial charge in [-0.1, -0.05) is 0 Å². The lowest BCUT2D eigenvalue weighted by molar-refractivity contribution is -0.116. The lowest BCUT2D eigenvalue weighted by Crippen LogP contribution is -2.40. The molecular formula is C18H20N4O2. The third kappa shape index (κ3) is 2.58. The van der Waals surface area contributed by atoms with Gasteiger partial charge < -0.3 is 14.8 Å². The quantitative estimate of drug-likeness (QED) is 0.911. The van der Waals surface area contributed by atoms with Gasteiger partial charge in [-0.15, -0.1) is 0 Å². The van der Waals surface area contributed by atoms with E-state index >= 15 is 0 Å². The van der Waals surface area contributed by atoms with Crippen molar-refractivity contribution in [3.63, 3.8) is 0 Å². The number of anilines is 1. The number of carbonyl (C=O) groups excluding carboxylic acids is 2. The van der Waals surface area contributed by atoms with Crippen molar-refractivity contribution >= 4 is 17.5 Å². The molecule has 6 nitrogen and oxygen atoms in total. The van der Waals surface area contributed by atoms with Crippen LogP contribution >= 0.6 is 0 Å². The van der Waals surface area contributed by atoms with Crippen molar-refractivity contribution < 1.29 is 9.59 Å². The summed E-state index contributed by atoms with van der Waals surface area (Å²) in [5.74, 6) is 1.08. The number of nitrogens with zero attached hydrogens (tertiary/aromatic N) is 3. The highest BCUT2D eigenvalue weighted by atomic mass is 16.2. The predicted octanol–water partition coefficient (Wildman–Crippen LogP) is 1.54. The smallest absolute Gasteiger partial charge is 0.251 e. The molecule has 0 saturated carbocycles. The Balaban J connectivity index is 1.47. The van der Waals surface area contributed by atoms with Gasteiger partial charge in [0.05, 0.1) is 0 Å². The van der Waals surface area contributed by atoms with Crippen molar-refractivity contribution in [1.29, 1.82) is 0 Å². The summed E-state index contributed by atoms with van der Waals surface area (Å²) in [6, 6.07) is 5.73. The zero-order chi connectivity index (χ0) is 16.7. The molecule has 4 rings (SSSR count). The summed E-state index contributed by atoms with van der Waals surface area (Å²) in [4.78, 5) is 30.2. The van der Waals surface area contributed by atoms with Crippen LogP contribution < -0.4 is 10.2 Å². The highest BCUT2D eigenvalue weighted by Gasteiger charge is 2.24. The Morgan fingerprint density at radius 1 is 1.29 bits per heavy atom. The van der Waals surface area contributed by atoms with Crippen molar-refractivity contribution in [3.8, 4) is 0 Å². The van der Waals surface area contributed by atoms with Gasteiger partial charge in [-0.05, 0) is 36.6 Å². The van der Waals surface area contributed by atoms with Crippen LogP contribution in [0.15, 0.2) is 30.6 Å². The molecular weight excluding hydrogens is 304 g/mol. The summed E-state index contributed by atoms with van der Waals surface area (Å²) in [6.45, 7) is 3.04. The highest BCUT2D eigenvalue weighted by molar-refractivity contribution is 5.98. The Labute approximate surface area is 140 Å². The molecule has 0 radical (unpaired) electrons. The first-order valence-corrected chi connectivity index (χ1v) is 8.34. The Morgan fingerprint density at radius 3 is 3.00 bits per heavy atom. The molecule has 1 aromatic heterocycles. The van der Waals surface area contributed by atoms with E-state index in [1.165, 1.54) is 0 Å². The van der Waals surface area contributed by atoms with Crippen molar-refractivity contribution in [2.75, 3.05) is 11.4 Å². The Kier molecular flexibility index (Phi) is 3.59. The molecule has 1 atom stereocenters. The Morgan fingerprint density at radius 2 is 2.17 bits per heavy atom. The molecule has 2 aliphatic heterocycles. The SMILES string of the molecule is CC(=O)N1CCc2cc(C(=O)N[C@H]3CCc4nccn4C3)ccc21. The topological polar surface area (TPSA) is 67.2 Å². The number of aryl methyl sites for hydroxylation is 1. The third-order valence-corrected chi connectivity index (χ3v) is 4.89. The standard InChI is InChI=1S/C18H20N4O2/c1-12(23)22-8-6-13-10-14(2-4-16(13)22)18(24)20-15-3-5-17-19-7-9-21(17)11-15/h2,4,7,9-10,15H,3,5-6,8,11H2,1H3,(H,20,24)/t15-/m0/s1. The minimum absolute atomic E-state index is 0.0456. The van der Waals surface area contributed by atoms with Crippen molar-refractivity contribution in [3.05, 3.63) is 47.5 Å². The fraction of sp³-hybridized carbons (Fsp3) is 0.389. The van der Waals surface area contributed by atoms with Gasteiger partial charge in [0.2, 0.25) is 5.91 Å². The van der Waals surface area contributed by atoms with Crippen LogP contribution in [0.25, 0.3) is 0 Å². The Bertz CT molecular complexity index is 811. The van der Waals surface area contributed by atoms with E-state index in [1.807, 2.05) is 18.3 Å². The molecule has 24 heavy (non-hydrogen) atoms. The average molecular weight is 324 g/mol. The Hall–Kier alpha value is -2.63. The lowest BCUT2D eigenvalue weighted by atomic mass is 10.0. The number of carbonyl (C=O) groups is 2. The van der Waals surface area contributed by atoms with Crippen LogP contribution in [0.5, 0.6) is 0 Å². The summed E-state index contributed by atoms with van der Waals surface area (Å²) < 4.78 is 2.10. The molecule has 2 aliphatic rings. The van der Waals surface area contributed by atoms with Gasteiger partial charge in [0.15, 0.2) is 0 Å². The molecule has 1 N–H and O–H groups in total. The predicted molar refractivity (Wildman–Crippen MR) is 90.0 cm³/mol. The zero-order valence-corrected chi connectivity index (χ0v) is 13.7. The number of aromatic nitrogens is 2. The van der Waals surface area contributed by atoms with Gasteiger partial charge in [-0.3, -0.25) is 9.59 Å². The van der Waals surface area contributed by atoms with E-state index in [9.17, 15) is 9.59 Å². The van der Waals surface area contributed by atoms with Crippen LogP contribution in [0.3, 0.4) is 0 Å². The van der Waals surface area contributed by atoms with E-state index in [0.717, 1.165) is 42.9 Å². The van der Waals surface area contributed by atoms with E-state index in [0.29, 0.717) is 12.1 Å². The second-order valence-electron chi connectivity index (χ2n) is 6.47. The molecule has 0 aliphatic carbocycles. The minimum atomic E-state index is -0.0485. The molecule has 0 fully saturated rings. The summed E-state index contributed by atoms with van der Waals surface area (Å²) >= 11 is 0.